The molecule has 0 aromatic heterocycles. The molecule has 5 heteroatoms. The van der Waals surface area contributed by atoms with E-state index in [1.165, 1.54) is 0 Å². The van der Waals surface area contributed by atoms with Gasteiger partial charge in [-0.1, -0.05) is 34.6 Å². The Balaban J connectivity index is 4.49. The summed E-state index contributed by atoms with van der Waals surface area (Å²) in [4.78, 5) is 22.7. The molecule has 0 aliphatic carbocycles. The zero-order valence-corrected chi connectivity index (χ0v) is 12.6. The quantitative estimate of drug-likeness (QED) is 0.624. The molecule has 4 N–H and O–H groups in total. The highest BCUT2D eigenvalue weighted by atomic mass is 16.4. The third-order valence-electron chi connectivity index (χ3n) is 3.79. The molecule has 19 heavy (non-hydrogen) atoms. The molecule has 0 aliphatic heterocycles. The van der Waals surface area contributed by atoms with Crippen molar-refractivity contribution in [3.63, 3.8) is 0 Å². The van der Waals surface area contributed by atoms with Gasteiger partial charge in [0.2, 0.25) is 5.91 Å². The number of carbonyl (C=O) groups is 2. The number of rotatable bonds is 8. The molecule has 112 valence electrons. The fraction of sp³-hybridized carbons (Fsp3) is 0.857. The minimum absolute atomic E-state index is 0.0660. The average Bonchev–Trinajstić information content (AvgIpc) is 2.31. The summed E-state index contributed by atoms with van der Waals surface area (Å²) in [5.41, 5.74) is 5.76. The summed E-state index contributed by atoms with van der Waals surface area (Å²) < 4.78 is 0. The summed E-state index contributed by atoms with van der Waals surface area (Å²) in [6.07, 6.45) is 0.0660. The maximum atomic E-state index is 11.8. The molecule has 0 bridgehead atoms. The van der Waals surface area contributed by atoms with Crippen molar-refractivity contribution in [2.24, 2.45) is 29.4 Å². The zero-order chi connectivity index (χ0) is 15.2. The molecule has 0 aromatic rings. The van der Waals surface area contributed by atoms with Gasteiger partial charge >= 0.3 is 5.97 Å². The van der Waals surface area contributed by atoms with Crippen LogP contribution in [0.5, 0.6) is 0 Å². The van der Waals surface area contributed by atoms with Crippen LogP contribution in [0.15, 0.2) is 0 Å². The lowest BCUT2D eigenvalue weighted by Gasteiger charge is -2.27. The van der Waals surface area contributed by atoms with Gasteiger partial charge in [0.1, 0.15) is 0 Å². The molecule has 3 atom stereocenters. The predicted molar refractivity (Wildman–Crippen MR) is 75.6 cm³/mol. The Hall–Kier alpha value is -1.10. The number of amides is 1. The molecule has 0 unspecified atom stereocenters. The van der Waals surface area contributed by atoms with Crippen molar-refractivity contribution in [2.45, 2.75) is 47.1 Å². The van der Waals surface area contributed by atoms with Gasteiger partial charge in [-0.05, 0) is 23.7 Å². The van der Waals surface area contributed by atoms with Crippen LogP contribution in [0.1, 0.15) is 41.0 Å². The van der Waals surface area contributed by atoms with Crippen molar-refractivity contribution in [1.82, 2.24) is 5.32 Å². The van der Waals surface area contributed by atoms with E-state index in [0.717, 1.165) is 0 Å². The number of hydrogen-bond donors (Lipinski definition) is 3. The number of carboxylic acid groups (broad SMARTS) is 1. The van der Waals surface area contributed by atoms with Crippen LogP contribution in [0.4, 0.5) is 0 Å². The van der Waals surface area contributed by atoms with E-state index in [2.05, 4.69) is 19.2 Å². The number of carboxylic acids is 1. The predicted octanol–water partition coefficient (Wildman–Crippen LogP) is 1.47. The minimum atomic E-state index is -0.833. The topological polar surface area (TPSA) is 92.4 Å². The number of nitrogens with one attached hydrogen (secondary N) is 1. The molecule has 0 saturated carbocycles. The van der Waals surface area contributed by atoms with E-state index in [4.69, 9.17) is 10.8 Å². The Morgan fingerprint density at radius 1 is 1.11 bits per heavy atom. The summed E-state index contributed by atoms with van der Waals surface area (Å²) in [6.45, 7) is 10.3. The molecule has 0 aliphatic rings. The first-order chi connectivity index (χ1) is 8.66. The van der Waals surface area contributed by atoms with Crippen LogP contribution >= 0.6 is 0 Å². The largest absolute Gasteiger partial charge is 0.481 e. The lowest BCUT2D eigenvalue weighted by Crippen LogP contribution is -2.46. The van der Waals surface area contributed by atoms with Gasteiger partial charge < -0.3 is 16.2 Å². The molecule has 1 amide bonds. The first kappa shape index (κ1) is 17.9. The van der Waals surface area contributed by atoms with E-state index in [-0.39, 0.29) is 30.1 Å². The van der Waals surface area contributed by atoms with Crippen molar-refractivity contribution >= 4 is 11.9 Å². The van der Waals surface area contributed by atoms with E-state index >= 15 is 0 Å². The highest BCUT2D eigenvalue weighted by Gasteiger charge is 2.25. The second-order valence-electron chi connectivity index (χ2n) is 5.98. The van der Waals surface area contributed by atoms with Crippen molar-refractivity contribution in [1.29, 1.82) is 0 Å². The summed E-state index contributed by atoms with van der Waals surface area (Å²) >= 11 is 0. The molecule has 0 spiro atoms. The van der Waals surface area contributed by atoms with Gasteiger partial charge in [0, 0.05) is 6.54 Å². The fourth-order valence-corrected chi connectivity index (χ4v) is 1.86. The lowest BCUT2D eigenvalue weighted by molar-refractivity contribution is -0.139. The second kappa shape index (κ2) is 8.15. The molecular formula is C14H28N2O3. The van der Waals surface area contributed by atoms with E-state index in [9.17, 15) is 9.59 Å². The number of aliphatic carboxylic acids is 1. The summed E-state index contributed by atoms with van der Waals surface area (Å²) in [7, 11) is 0. The number of carbonyl (C=O) groups excluding carboxylic acids is 1. The second-order valence-corrected chi connectivity index (χ2v) is 5.98. The monoisotopic (exact) mass is 272 g/mol. The van der Waals surface area contributed by atoms with Crippen LogP contribution in [0, 0.1) is 23.7 Å². The maximum Gasteiger partial charge on any atom is 0.303 e. The number of hydrogen-bond acceptors (Lipinski definition) is 3. The smallest absolute Gasteiger partial charge is 0.303 e. The van der Waals surface area contributed by atoms with E-state index in [0.29, 0.717) is 12.5 Å². The van der Waals surface area contributed by atoms with Crippen LogP contribution in [0.2, 0.25) is 0 Å². The van der Waals surface area contributed by atoms with Crippen LogP contribution < -0.4 is 11.1 Å². The third kappa shape index (κ3) is 6.57. The fourth-order valence-electron chi connectivity index (χ4n) is 1.86. The molecular weight excluding hydrogens is 244 g/mol. The Morgan fingerprint density at radius 3 is 2.00 bits per heavy atom. The third-order valence-corrected chi connectivity index (χ3v) is 3.79. The Morgan fingerprint density at radius 2 is 1.63 bits per heavy atom. The van der Waals surface area contributed by atoms with Gasteiger partial charge in [-0.25, -0.2) is 0 Å². The molecule has 0 rings (SSSR count). The number of nitrogens with two attached hydrogens (primary N) is 1. The Kier molecular flexibility index (Phi) is 7.68. The van der Waals surface area contributed by atoms with Crippen LogP contribution in [0.3, 0.4) is 0 Å². The maximum absolute atomic E-state index is 11.8. The standard InChI is InChI=1S/C14H28N2O3/c1-8(2)10(5)11(6-12(17)18)7-16-14(19)13(15)9(3)4/h8-11,13H,6-7,15H2,1-5H3,(H,16,19)(H,17,18)/t10-,11+,13+/m1/s1. The zero-order valence-electron chi connectivity index (χ0n) is 12.6. The van der Waals surface area contributed by atoms with Gasteiger partial charge in [-0.3, -0.25) is 9.59 Å². The van der Waals surface area contributed by atoms with Gasteiger partial charge in [-0.15, -0.1) is 0 Å². The van der Waals surface area contributed by atoms with Crippen molar-refractivity contribution in [2.75, 3.05) is 6.54 Å². The van der Waals surface area contributed by atoms with Crippen LogP contribution in [-0.2, 0) is 9.59 Å². The van der Waals surface area contributed by atoms with Gasteiger partial charge in [0.15, 0.2) is 0 Å². The molecule has 0 aromatic carbocycles. The van der Waals surface area contributed by atoms with Gasteiger partial charge in [-0.2, -0.15) is 0 Å². The van der Waals surface area contributed by atoms with Gasteiger partial charge in [0.05, 0.1) is 12.5 Å². The van der Waals surface area contributed by atoms with Crippen molar-refractivity contribution in [3.8, 4) is 0 Å². The Labute approximate surface area is 115 Å². The SMILES string of the molecule is CC(C)[C@H](N)C(=O)NC[C@H](CC(=O)O)[C@H](C)C(C)C. The normalized spacial score (nSPS) is 16.2. The molecule has 0 heterocycles. The molecule has 0 fully saturated rings. The molecule has 0 saturated heterocycles. The van der Waals surface area contributed by atoms with Crippen molar-refractivity contribution in [3.05, 3.63) is 0 Å². The van der Waals surface area contributed by atoms with E-state index in [1.54, 1.807) is 0 Å². The minimum Gasteiger partial charge on any atom is -0.481 e. The van der Waals surface area contributed by atoms with E-state index < -0.39 is 12.0 Å². The summed E-state index contributed by atoms with van der Waals surface area (Å²) in [5.74, 6) is -0.436. The first-order valence-corrected chi connectivity index (χ1v) is 6.91. The summed E-state index contributed by atoms with van der Waals surface area (Å²) in [5, 5.41) is 11.7. The molecule has 5 nitrogen and oxygen atoms in total. The average molecular weight is 272 g/mol. The first-order valence-electron chi connectivity index (χ1n) is 6.91. The summed E-state index contributed by atoms with van der Waals surface area (Å²) in [6, 6.07) is -0.542. The molecule has 0 radical (unpaired) electrons. The highest BCUT2D eigenvalue weighted by Crippen LogP contribution is 2.23. The Bertz CT molecular complexity index is 303. The van der Waals surface area contributed by atoms with Gasteiger partial charge in [0.25, 0.3) is 0 Å². The van der Waals surface area contributed by atoms with Crippen molar-refractivity contribution < 1.29 is 14.7 Å². The highest BCUT2D eigenvalue weighted by molar-refractivity contribution is 5.81. The lowest BCUT2D eigenvalue weighted by atomic mass is 9.83. The van der Waals surface area contributed by atoms with Crippen LogP contribution in [-0.4, -0.2) is 29.6 Å². The van der Waals surface area contributed by atoms with Crippen LogP contribution in [0.25, 0.3) is 0 Å². The van der Waals surface area contributed by atoms with E-state index in [1.807, 2.05) is 20.8 Å².